The minimum absolute atomic E-state index is 0.290. The van der Waals surface area contributed by atoms with Crippen molar-refractivity contribution in [1.29, 1.82) is 0 Å². The smallest absolute Gasteiger partial charge is 0.134 e. The minimum Gasteiger partial charge on any atom is -0.398 e. The first kappa shape index (κ1) is 11.0. The van der Waals surface area contributed by atoms with Crippen molar-refractivity contribution in [3.05, 3.63) is 33.7 Å². The van der Waals surface area contributed by atoms with Gasteiger partial charge in [-0.1, -0.05) is 0 Å². The molecule has 0 amide bonds. The third-order valence-corrected chi connectivity index (χ3v) is 4.00. The van der Waals surface area contributed by atoms with Crippen LogP contribution in [-0.4, -0.2) is 4.98 Å². The molecule has 0 fully saturated rings. The summed E-state index contributed by atoms with van der Waals surface area (Å²) < 4.78 is 14.7. The van der Waals surface area contributed by atoms with Gasteiger partial charge in [-0.2, -0.15) is 0 Å². The number of rotatable bonds is 0. The fourth-order valence-corrected chi connectivity index (χ4v) is 2.91. The molecule has 0 atom stereocenters. The van der Waals surface area contributed by atoms with Crippen LogP contribution in [0.15, 0.2) is 16.6 Å². The first-order valence-corrected chi connectivity index (χ1v) is 6.52. The summed E-state index contributed by atoms with van der Waals surface area (Å²) in [5.74, 6) is -0.290. The van der Waals surface area contributed by atoms with Crippen LogP contribution in [0.1, 0.15) is 24.1 Å². The zero-order chi connectivity index (χ0) is 12.0. The second-order valence-electron chi connectivity index (χ2n) is 4.41. The average molecular weight is 295 g/mol. The average Bonchev–Trinajstić information content (AvgIpc) is 2.34. The van der Waals surface area contributed by atoms with Crippen LogP contribution in [-0.2, 0) is 12.8 Å². The largest absolute Gasteiger partial charge is 0.398 e. The van der Waals surface area contributed by atoms with E-state index >= 15 is 0 Å². The summed E-state index contributed by atoms with van der Waals surface area (Å²) in [7, 11) is 0. The second kappa shape index (κ2) is 3.95. The second-order valence-corrected chi connectivity index (χ2v) is 5.26. The van der Waals surface area contributed by atoms with Gasteiger partial charge in [0, 0.05) is 15.9 Å². The normalized spacial score (nSPS) is 14.9. The van der Waals surface area contributed by atoms with Crippen LogP contribution >= 0.6 is 15.9 Å². The number of halogens is 2. The molecule has 0 saturated heterocycles. The molecule has 0 spiro atoms. The van der Waals surface area contributed by atoms with Crippen molar-refractivity contribution in [1.82, 2.24) is 4.98 Å². The van der Waals surface area contributed by atoms with Gasteiger partial charge in [-0.15, -0.1) is 0 Å². The SMILES string of the molecule is Nc1c2c(nc3c(Br)ccc(F)c13)CCCC2. The molecule has 17 heavy (non-hydrogen) atoms. The molecule has 2 aromatic rings. The molecular formula is C13H12BrFN2. The fraction of sp³-hybridized carbons (Fsp3) is 0.308. The predicted molar refractivity (Wildman–Crippen MR) is 70.5 cm³/mol. The predicted octanol–water partition coefficient (Wildman–Crippen LogP) is 3.60. The maximum absolute atomic E-state index is 13.9. The summed E-state index contributed by atoms with van der Waals surface area (Å²) in [4.78, 5) is 4.57. The number of nitrogens with two attached hydrogens (primary N) is 1. The van der Waals surface area contributed by atoms with Crippen molar-refractivity contribution in [3.63, 3.8) is 0 Å². The van der Waals surface area contributed by atoms with Crippen LogP contribution in [0.2, 0.25) is 0 Å². The molecule has 1 aliphatic rings. The van der Waals surface area contributed by atoms with Crippen LogP contribution in [0.3, 0.4) is 0 Å². The van der Waals surface area contributed by atoms with Crippen molar-refractivity contribution in [2.45, 2.75) is 25.7 Å². The van der Waals surface area contributed by atoms with Crippen molar-refractivity contribution in [2.24, 2.45) is 0 Å². The summed E-state index contributed by atoms with van der Waals surface area (Å²) in [6, 6.07) is 3.11. The first-order valence-electron chi connectivity index (χ1n) is 5.73. The van der Waals surface area contributed by atoms with Crippen LogP contribution in [0.4, 0.5) is 10.1 Å². The summed E-state index contributed by atoms with van der Waals surface area (Å²) in [6.07, 6.45) is 4.10. The van der Waals surface area contributed by atoms with E-state index in [1.165, 1.54) is 6.07 Å². The van der Waals surface area contributed by atoms with E-state index < -0.39 is 0 Å². The Balaban J connectivity index is 2.44. The highest BCUT2D eigenvalue weighted by atomic mass is 79.9. The van der Waals surface area contributed by atoms with Crippen molar-refractivity contribution in [2.75, 3.05) is 5.73 Å². The Bertz CT molecular complexity index is 610. The summed E-state index contributed by atoms with van der Waals surface area (Å²) in [5.41, 5.74) is 9.40. The maximum Gasteiger partial charge on any atom is 0.134 e. The Kier molecular flexibility index (Phi) is 2.54. The van der Waals surface area contributed by atoms with Gasteiger partial charge < -0.3 is 5.73 Å². The summed E-state index contributed by atoms with van der Waals surface area (Å²) in [6.45, 7) is 0. The van der Waals surface area contributed by atoms with Gasteiger partial charge in [0.1, 0.15) is 5.82 Å². The molecule has 3 rings (SSSR count). The summed E-state index contributed by atoms with van der Waals surface area (Å²) in [5, 5.41) is 0.458. The molecular weight excluding hydrogens is 283 g/mol. The van der Waals surface area contributed by atoms with Gasteiger partial charge in [0.25, 0.3) is 0 Å². The van der Waals surface area contributed by atoms with Gasteiger partial charge in [-0.05, 0) is 59.3 Å². The molecule has 4 heteroatoms. The number of anilines is 1. The Hall–Kier alpha value is -1.16. The van der Waals surface area contributed by atoms with Crippen molar-refractivity contribution >= 4 is 32.5 Å². The van der Waals surface area contributed by atoms with E-state index in [1.54, 1.807) is 6.07 Å². The molecule has 0 radical (unpaired) electrons. The number of nitrogen functional groups attached to an aromatic ring is 1. The monoisotopic (exact) mass is 294 g/mol. The molecule has 0 aliphatic heterocycles. The summed E-state index contributed by atoms with van der Waals surface area (Å²) >= 11 is 3.41. The van der Waals surface area contributed by atoms with Crippen LogP contribution in [0, 0.1) is 5.82 Å². The van der Waals surface area contributed by atoms with E-state index in [0.717, 1.165) is 41.4 Å². The zero-order valence-corrected chi connectivity index (χ0v) is 10.8. The molecule has 1 aromatic heterocycles. The van der Waals surface area contributed by atoms with Gasteiger partial charge >= 0.3 is 0 Å². The van der Waals surface area contributed by atoms with Gasteiger partial charge in [-0.3, -0.25) is 4.98 Å². The number of fused-ring (bicyclic) bond motifs is 2. The van der Waals surface area contributed by atoms with Crippen molar-refractivity contribution < 1.29 is 4.39 Å². The minimum atomic E-state index is -0.290. The fourth-order valence-electron chi connectivity index (χ4n) is 2.50. The van der Waals surface area contributed by atoms with Crippen molar-refractivity contribution in [3.8, 4) is 0 Å². The number of hydrogen-bond donors (Lipinski definition) is 1. The van der Waals surface area contributed by atoms with E-state index in [4.69, 9.17) is 5.73 Å². The van der Waals surface area contributed by atoms with Crippen LogP contribution < -0.4 is 5.73 Å². The van der Waals surface area contributed by atoms with E-state index in [0.29, 0.717) is 16.6 Å². The number of benzene rings is 1. The standard InChI is InChI=1S/C13H12BrFN2/c14-8-5-6-9(15)11-12(16)7-3-1-2-4-10(7)17-13(8)11/h5-6H,1-4H2,(H2,16,17). The van der Waals surface area contributed by atoms with Gasteiger partial charge in [-0.25, -0.2) is 4.39 Å². The Morgan fingerprint density at radius 1 is 1.24 bits per heavy atom. The zero-order valence-electron chi connectivity index (χ0n) is 9.26. The lowest BCUT2D eigenvalue weighted by Crippen LogP contribution is -2.10. The van der Waals surface area contributed by atoms with Crippen LogP contribution in [0.25, 0.3) is 10.9 Å². The highest BCUT2D eigenvalue weighted by Crippen LogP contribution is 2.35. The highest BCUT2D eigenvalue weighted by Gasteiger charge is 2.19. The molecule has 1 aliphatic carbocycles. The van der Waals surface area contributed by atoms with E-state index in [2.05, 4.69) is 20.9 Å². The lowest BCUT2D eigenvalue weighted by molar-refractivity contribution is 0.637. The molecule has 0 unspecified atom stereocenters. The topological polar surface area (TPSA) is 38.9 Å². The number of nitrogens with zero attached hydrogens (tertiary/aromatic N) is 1. The molecule has 0 bridgehead atoms. The Morgan fingerprint density at radius 3 is 2.82 bits per heavy atom. The molecule has 1 aromatic carbocycles. The quantitative estimate of drug-likeness (QED) is 0.806. The molecule has 2 nitrogen and oxygen atoms in total. The molecule has 0 saturated carbocycles. The van der Waals surface area contributed by atoms with Gasteiger partial charge in [0.15, 0.2) is 0 Å². The van der Waals surface area contributed by atoms with Gasteiger partial charge in [0.05, 0.1) is 10.9 Å². The van der Waals surface area contributed by atoms with Crippen LogP contribution in [0.5, 0.6) is 0 Å². The van der Waals surface area contributed by atoms with E-state index in [9.17, 15) is 4.39 Å². The van der Waals surface area contributed by atoms with E-state index in [-0.39, 0.29) is 5.82 Å². The lowest BCUT2D eigenvalue weighted by Gasteiger charge is -2.19. The maximum atomic E-state index is 13.9. The Morgan fingerprint density at radius 2 is 2.00 bits per heavy atom. The molecule has 2 N–H and O–H groups in total. The Labute approximate surface area is 107 Å². The number of hydrogen-bond acceptors (Lipinski definition) is 2. The third kappa shape index (κ3) is 1.62. The number of aromatic nitrogens is 1. The molecule has 1 heterocycles. The third-order valence-electron chi connectivity index (χ3n) is 3.36. The van der Waals surface area contributed by atoms with Gasteiger partial charge in [0.2, 0.25) is 0 Å². The number of pyridine rings is 1. The van der Waals surface area contributed by atoms with E-state index in [1.807, 2.05) is 0 Å². The molecule has 88 valence electrons. The highest BCUT2D eigenvalue weighted by molar-refractivity contribution is 9.10. The lowest BCUT2D eigenvalue weighted by atomic mass is 9.93. The first-order chi connectivity index (χ1) is 8.18. The number of aryl methyl sites for hydroxylation is 1.